The van der Waals surface area contributed by atoms with Crippen LogP contribution in [0.3, 0.4) is 0 Å². The summed E-state index contributed by atoms with van der Waals surface area (Å²) in [6.07, 6.45) is 6.40. The molecule has 0 bridgehead atoms. The second kappa shape index (κ2) is 3.36. The van der Waals surface area contributed by atoms with Gasteiger partial charge < -0.3 is 0 Å². The molecule has 3 heteroatoms. The van der Waals surface area contributed by atoms with Crippen LogP contribution in [0.4, 0.5) is 0 Å². The van der Waals surface area contributed by atoms with Crippen LogP contribution in [0.1, 0.15) is 32.1 Å². The lowest BCUT2D eigenvalue weighted by Crippen LogP contribution is -2.27. The molecule has 0 aromatic carbocycles. The van der Waals surface area contributed by atoms with Gasteiger partial charge in [-0.1, -0.05) is 19.3 Å². The quantitative estimate of drug-likeness (QED) is 0.428. The Labute approximate surface area is 73.7 Å². The van der Waals surface area contributed by atoms with Crippen molar-refractivity contribution in [1.29, 1.82) is 0 Å². The first-order valence-corrected chi connectivity index (χ1v) is 4.74. The van der Waals surface area contributed by atoms with E-state index in [2.05, 4.69) is 0 Å². The van der Waals surface area contributed by atoms with E-state index in [0.717, 1.165) is 0 Å². The van der Waals surface area contributed by atoms with Gasteiger partial charge in [-0.3, -0.25) is 0 Å². The minimum absolute atomic E-state index is 0.486. The van der Waals surface area contributed by atoms with Crippen molar-refractivity contribution in [1.82, 2.24) is 0 Å². The third-order valence-corrected chi connectivity index (χ3v) is 2.94. The van der Waals surface area contributed by atoms with Crippen molar-refractivity contribution in [3.63, 3.8) is 0 Å². The molecule has 0 nitrogen and oxygen atoms in total. The van der Waals surface area contributed by atoms with Crippen LogP contribution in [0.2, 0.25) is 0 Å². The molecule has 0 spiro atoms. The van der Waals surface area contributed by atoms with Gasteiger partial charge in [-0.15, -0.1) is 23.2 Å². The fraction of sp³-hybridized carbons (Fsp3) is 1.00. The average Bonchev–Trinajstić information content (AvgIpc) is 1.88. The van der Waals surface area contributed by atoms with E-state index < -0.39 is 4.23 Å². The molecule has 1 saturated carbocycles. The molecule has 0 saturated heterocycles. The van der Waals surface area contributed by atoms with Crippen LogP contribution in [0, 0.1) is 5.92 Å². The molecule has 0 aliphatic heterocycles. The van der Waals surface area contributed by atoms with Crippen LogP contribution >= 0.6 is 23.2 Å². The Balaban J connectivity index is 2.39. The molecule has 0 atom stereocenters. The van der Waals surface area contributed by atoms with Gasteiger partial charge in [-0.2, -0.15) is 0 Å². The van der Waals surface area contributed by atoms with Crippen molar-refractivity contribution in [2.75, 3.05) is 0 Å². The van der Waals surface area contributed by atoms with E-state index in [9.17, 15) is 0 Å². The van der Waals surface area contributed by atoms with Gasteiger partial charge in [0.25, 0.3) is 0 Å². The van der Waals surface area contributed by atoms with Gasteiger partial charge in [0.1, 0.15) is 7.85 Å². The van der Waals surface area contributed by atoms with Crippen LogP contribution in [0.25, 0.3) is 0 Å². The Morgan fingerprint density at radius 3 is 1.90 bits per heavy atom. The van der Waals surface area contributed by atoms with E-state index in [1.54, 1.807) is 0 Å². The van der Waals surface area contributed by atoms with Crippen molar-refractivity contribution in [2.24, 2.45) is 5.92 Å². The van der Waals surface area contributed by atoms with E-state index in [4.69, 9.17) is 23.2 Å². The molecule has 1 aliphatic carbocycles. The summed E-state index contributed by atoms with van der Waals surface area (Å²) in [5, 5.41) is 0. The number of hydrogen-bond acceptors (Lipinski definition) is 0. The molecule has 1 rings (SSSR count). The van der Waals surface area contributed by atoms with E-state index in [1.165, 1.54) is 32.1 Å². The van der Waals surface area contributed by atoms with Crippen molar-refractivity contribution in [3.8, 4) is 0 Å². The SMILES string of the molecule is BC(Cl)(Cl)C1CCCCC1. The smallest absolute Gasteiger partial charge is 0.112 e. The van der Waals surface area contributed by atoms with Crippen molar-refractivity contribution >= 4 is 31.0 Å². The molecule has 0 heterocycles. The average molecular weight is 179 g/mol. The molecule has 0 amide bonds. The maximum atomic E-state index is 5.98. The number of hydrogen-bond donors (Lipinski definition) is 0. The first-order valence-electron chi connectivity index (χ1n) is 3.98. The monoisotopic (exact) mass is 178 g/mol. The molecule has 1 fully saturated rings. The van der Waals surface area contributed by atoms with Gasteiger partial charge in [-0.05, 0) is 18.8 Å². The number of rotatable bonds is 1. The summed E-state index contributed by atoms with van der Waals surface area (Å²) < 4.78 is -0.486. The molecule has 0 aromatic rings. The van der Waals surface area contributed by atoms with E-state index >= 15 is 0 Å². The lowest BCUT2D eigenvalue weighted by atomic mass is 9.79. The number of alkyl halides is 2. The highest BCUT2D eigenvalue weighted by atomic mass is 35.5. The molecule has 0 radical (unpaired) electrons. The maximum Gasteiger partial charge on any atom is 0.148 e. The van der Waals surface area contributed by atoms with Crippen LogP contribution in [-0.4, -0.2) is 12.1 Å². The Bertz CT molecular complexity index is 103. The Kier molecular flexibility index (Phi) is 2.94. The highest BCUT2D eigenvalue weighted by Gasteiger charge is 2.30. The predicted molar refractivity (Wildman–Crippen MR) is 49.6 cm³/mol. The van der Waals surface area contributed by atoms with Crippen molar-refractivity contribution < 1.29 is 0 Å². The second-order valence-electron chi connectivity index (χ2n) is 3.29. The summed E-state index contributed by atoms with van der Waals surface area (Å²) in [7, 11) is 1.91. The number of halogens is 2. The highest BCUT2D eigenvalue weighted by molar-refractivity contribution is 6.65. The summed E-state index contributed by atoms with van der Waals surface area (Å²) in [6.45, 7) is 0. The zero-order valence-corrected chi connectivity index (χ0v) is 7.88. The molecule has 0 aromatic heterocycles. The summed E-state index contributed by atoms with van der Waals surface area (Å²) in [5.74, 6) is 0.532. The standard InChI is InChI=1S/C7H13BCl2/c8-7(9,10)6-4-2-1-3-5-6/h6H,1-5,8H2. The van der Waals surface area contributed by atoms with Gasteiger partial charge in [0.05, 0.1) is 4.23 Å². The van der Waals surface area contributed by atoms with Crippen molar-refractivity contribution in [3.05, 3.63) is 0 Å². The van der Waals surface area contributed by atoms with Crippen LogP contribution in [0.5, 0.6) is 0 Å². The Hall–Kier alpha value is 0.645. The molecule has 1 aliphatic rings. The fourth-order valence-corrected chi connectivity index (χ4v) is 2.05. The van der Waals surface area contributed by atoms with Gasteiger partial charge in [-0.25, -0.2) is 0 Å². The third-order valence-electron chi connectivity index (χ3n) is 2.32. The van der Waals surface area contributed by atoms with Gasteiger partial charge in [0.2, 0.25) is 0 Å². The van der Waals surface area contributed by atoms with Crippen molar-refractivity contribution in [2.45, 2.75) is 36.3 Å². The summed E-state index contributed by atoms with van der Waals surface area (Å²) in [4.78, 5) is 0. The molecular weight excluding hydrogens is 166 g/mol. The van der Waals surface area contributed by atoms with Crippen LogP contribution < -0.4 is 0 Å². The summed E-state index contributed by atoms with van der Waals surface area (Å²) >= 11 is 12.0. The Morgan fingerprint density at radius 1 is 1.10 bits per heavy atom. The van der Waals surface area contributed by atoms with Crippen LogP contribution in [0.15, 0.2) is 0 Å². The van der Waals surface area contributed by atoms with Crippen LogP contribution in [-0.2, 0) is 0 Å². The molecule has 58 valence electrons. The summed E-state index contributed by atoms with van der Waals surface area (Å²) in [5.41, 5.74) is 0. The zero-order valence-electron chi connectivity index (χ0n) is 6.37. The predicted octanol–water partition coefficient (Wildman–Crippen LogP) is 2.33. The lowest BCUT2D eigenvalue weighted by molar-refractivity contribution is 0.362. The Morgan fingerprint density at radius 2 is 1.60 bits per heavy atom. The minimum Gasteiger partial charge on any atom is -0.112 e. The van der Waals surface area contributed by atoms with E-state index in [-0.39, 0.29) is 0 Å². The fourth-order valence-electron chi connectivity index (χ4n) is 1.61. The topological polar surface area (TPSA) is 0 Å². The molecular formula is C7H13BCl2. The molecule has 0 unspecified atom stereocenters. The van der Waals surface area contributed by atoms with Gasteiger partial charge >= 0.3 is 0 Å². The summed E-state index contributed by atoms with van der Waals surface area (Å²) in [6, 6.07) is 0. The zero-order chi connectivity index (χ0) is 7.61. The highest BCUT2D eigenvalue weighted by Crippen LogP contribution is 2.37. The molecule has 0 N–H and O–H groups in total. The lowest BCUT2D eigenvalue weighted by Gasteiger charge is -2.29. The van der Waals surface area contributed by atoms with Gasteiger partial charge in [0, 0.05) is 0 Å². The minimum atomic E-state index is -0.486. The largest absolute Gasteiger partial charge is 0.148 e. The maximum absolute atomic E-state index is 5.98. The van der Waals surface area contributed by atoms with Gasteiger partial charge in [0.15, 0.2) is 0 Å². The first kappa shape index (κ1) is 8.74. The molecule has 10 heavy (non-hydrogen) atoms. The second-order valence-corrected chi connectivity index (χ2v) is 5.06. The normalized spacial score (nSPS) is 23.0. The van der Waals surface area contributed by atoms with E-state index in [1.807, 2.05) is 7.85 Å². The third kappa shape index (κ3) is 2.36. The first-order chi connectivity index (χ1) is 4.61. The van der Waals surface area contributed by atoms with E-state index in [0.29, 0.717) is 5.92 Å².